The van der Waals surface area contributed by atoms with Crippen molar-refractivity contribution in [2.75, 3.05) is 5.32 Å². The number of phenolic OH excluding ortho intramolecular Hbond substituents is 1. The number of benzene rings is 1. The molecule has 2 atom stereocenters. The monoisotopic (exact) mass is 279 g/mol. The lowest BCUT2D eigenvalue weighted by atomic mass is 9.84. The van der Waals surface area contributed by atoms with Crippen LogP contribution < -0.4 is 11.1 Å². The molecule has 1 aromatic carbocycles. The average Bonchev–Trinajstić information content (AvgIpc) is 2.73. The Bertz CT molecular complexity index is 561. The summed E-state index contributed by atoms with van der Waals surface area (Å²) in [6, 6.07) is 3.36. The molecule has 7 heteroatoms. The predicted molar refractivity (Wildman–Crippen MR) is 73.3 cm³/mol. The number of phenols is 1. The Morgan fingerprint density at radius 3 is 2.85 bits per heavy atom. The van der Waals surface area contributed by atoms with Crippen molar-refractivity contribution in [3.05, 3.63) is 28.3 Å². The van der Waals surface area contributed by atoms with Gasteiger partial charge in [-0.15, -0.1) is 0 Å². The molecular formula is C13H17N3O4. The van der Waals surface area contributed by atoms with E-state index >= 15 is 0 Å². The lowest BCUT2D eigenvalue weighted by molar-refractivity contribution is -0.384. The molecule has 2 unspecified atom stereocenters. The van der Waals surface area contributed by atoms with Crippen LogP contribution in [0.4, 0.5) is 11.4 Å². The topological polar surface area (TPSA) is 118 Å². The summed E-state index contributed by atoms with van der Waals surface area (Å²) in [5.74, 6) is -0.547. The van der Waals surface area contributed by atoms with Crippen LogP contribution in [0.2, 0.25) is 0 Å². The van der Waals surface area contributed by atoms with Gasteiger partial charge in [0, 0.05) is 6.04 Å². The highest BCUT2D eigenvalue weighted by atomic mass is 16.6. The number of anilines is 1. The van der Waals surface area contributed by atoms with E-state index in [1.54, 1.807) is 6.92 Å². The smallest absolute Gasteiger partial charge is 0.296 e. The highest BCUT2D eigenvalue weighted by Crippen LogP contribution is 2.38. The first-order valence-electron chi connectivity index (χ1n) is 6.39. The fourth-order valence-corrected chi connectivity index (χ4v) is 2.52. The number of nitrogens with one attached hydrogen (secondary N) is 1. The molecule has 0 aliphatic heterocycles. The number of hydrogen-bond donors (Lipinski definition) is 3. The molecule has 4 N–H and O–H groups in total. The summed E-state index contributed by atoms with van der Waals surface area (Å²) in [6.07, 6.45) is 2.29. The van der Waals surface area contributed by atoms with Crippen molar-refractivity contribution in [3.8, 4) is 5.75 Å². The first-order valence-corrected chi connectivity index (χ1v) is 6.39. The minimum atomic E-state index is -0.717. The maximum atomic E-state index is 12.3. The lowest BCUT2D eigenvalue weighted by Gasteiger charge is -2.27. The number of amides is 1. The number of nitro benzene ring substituents is 1. The summed E-state index contributed by atoms with van der Waals surface area (Å²) < 4.78 is 0. The van der Waals surface area contributed by atoms with Gasteiger partial charge in [0.05, 0.1) is 16.4 Å². The first kappa shape index (κ1) is 14.3. The molecular weight excluding hydrogens is 262 g/mol. The molecule has 20 heavy (non-hydrogen) atoms. The molecule has 0 radical (unpaired) electrons. The molecule has 0 aromatic heterocycles. The molecule has 108 valence electrons. The van der Waals surface area contributed by atoms with Crippen molar-refractivity contribution in [1.82, 2.24) is 0 Å². The maximum absolute atomic E-state index is 12.3. The average molecular weight is 279 g/mol. The normalized spacial score (nSPS) is 25.4. The standard InChI is InChI=1S/C13H17N3O4/c1-13(6-2-3-11(13)14)12(18)15-9-5-4-8(17)7-10(9)16(19)20/h4-5,7,11,17H,2-3,6,14H2,1H3,(H,15,18). The van der Waals surface area contributed by atoms with Gasteiger partial charge in [0.15, 0.2) is 0 Å². The molecule has 1 saturated carbocycles. The van der Waals surface area contributed by atoms with Crippen LogP contribution in [0.3, 0.4) is 0 Å². The molecule has 1 amide bonds. The fourth-order valence-electron chi connectivity index (χ4n) is 2.52. The third-order valence-electron chi connectivity index (χ3n) is 3.97. The van der Waals surface area contributed by atoms with Gasteiger partial charge < -0.3 is 16.2 Å². The number of carbonyl (C=O) groups is 1. The minimum Gasteiger partial charge on any atom is -0.508 e. The molecule has 1 aliphatic carbocycles. The van der Waals surface area contributed by atoms with E-state index in [0.717, 1.165) is 18.9 Å². The Hall–Kier alpha value is -2.15. The summed E-state index contributed by atoms with van der Waals surface area (Å²) >= 11 is 0. The molecule has 0 spiro atoms. The van der Waals surface area contributed by atoms with Gasteiger partial charge in [-0.2, -0.15) is 0 Å². The molecule has 0 saturated heterocycles. The Balaban J connectivity index is 2.26. The van der Waals surface area contributed by atoms with Crippen molar-refractivity contribution < 1.29 is 14.8 Å². The van der Waals surface area contributed by atoms with Crippen molar-refractivity contribution in [3.63, 3.8) is 0 Å². The van der Waals surface area contributed by atoms with E-state index in [2.05, 4.69) is 5.32 Å². The lowest BCUT2D eigenvalue weighted by Crippen LogP contribution is -2.44. The number of carbonyl (C=O) groups excluding carboxylic acids is 1. The molecule has 0 bridgehead atoms. The third-order valence-corrected chi connectivity index (χ3v) is 3.97. The van der Waals surface area contributed by atoms with E-state index in [-0.39, 0.29) is 29.1 Å². The first-order chi connectivity index (χ1) is 9.34. The number of nitrogens with two attached hydrogens (primary N) is 1. The number of nitrogens with zero attached hydrogens (tertiary/aromatic N) is 1. The number of nitro groups is 1. The van der Waals surface area contributed by atoms with E-state index in [1.165, 1.54) is 12.1 Å². The largest absolute Gasteiger partial charge is 0.508 e. The minimum absolute atomic E-state index is 0.0677. The number of hydrogen-bond acceptors (Lipinski definition) is 5. The van der Waals surface area contributed by atoms with Gasteiger partial charge in [0.25, 0.3) is 5.69 Å². The van der Waals surface area contributed by atoms with E-state index in [0.29, 0.717) is 6.42 Å². The summed E-state index contributed by atoms with van der Waals surface area (Å²) in [7, 11) is 0. The van der Waals surface area contributed by atoms with E-state index < -0.39 is 10.3 Å². The van der Waals surface area contributed by atoms with Crippen molar-refractivity contribution >= 4 is 17.3 Å². The predicted octanol–water partition coefficient (Wildman–Crippen LogP) is 1.76. The van der Waals surface area contributed by atoms with Crippen LogP contribution in [-0.2, 0) is 4.79 Å². The summed E-state index contributed by atoms with van der Waals surface area (Å²) in [6.45, 7) is 1.77. The van der Waals surface area contributed by atoms with Crippen molar-refractivity contribution in [2.45, 2.75) is 32.2 Å². The van der Waals surface area contributed by atoms with Gasteiger partial charge in [-0.05, 0) is 31.9 Å². The third kappa shape index (κ3) is 2.44. The van der Waals surface area contributed by atoms with Gasteiger partial charge >= 0.3 is 0 Å². The van der Waals surface area contributed by atoms with Gasteiger partial charge in [-0.3, -0.25) is 14.9 Å². The fraction of sp³-hybridized carbons (Fsp3) is 0.462. The zero-order valence-electron chi connectivity index (χ0n) is 11.1. The Kier molecular flexibility index (Phi) is 3.63. The highest BCUT2D eigenvalue weighted by molar-refractivity contribution is 5.97. The highest BCUT2D eigenvalue weighted by Gasteiger charge is 2.43. The Labute approximate surface area is 115 Å². The summed E-state index contributed by atoms with van der Waals surface area (Å²) in [5, 5.41) is 22.8. The van der Waals surface area contributed by atoms with E-state index in [4.69, 9.17) is 5.73 Å². The van der Waals surface area contributed by atoms with Gasteiger partial charge in [0.2, 0.25) is 5.91 Å². The molecule has 1 aliphatic rings. The second kappa shape index (κ2) is 5.09. The van der Waals surface area contributed by atoms with Crippen LogP contribution in [0.5, 0.6) is 5.75 Å². The van der Waals surface area contributed by atoms with Crippen LogP contribution >= 0.6 is 0 Å². The van der Waals surface area contributed by atoms with Crippen molar-refractivity contribution in [2.24, 2.45) is 11.1 Å². The Morgan fingerprint density at radius 2 is 2.30 bits per heavy atom. The van der Waals surface area contributed by atoms with Crippen LogP contribution in [0.1, 0.15) is 26.2 Å². The van der Waals surface area contributed by atoms with Gasteiger partial charge in [-0.1, -0.05) is 6.42 Å². The molecule has 7 nitrogen and oxygen atoms in total. The molecule has 1 aromatic rings. The zero-order chi connectivity index (χ0) is 14.9. The van der Waals surface area contributed by atoms with E-state index in [1.807, 2.05) is 0 Å². The van der Waals surface area contributed by atoms with Gasteiger partial charge in [0.1, 0.15) is 11.4 Å². The van der Waals surface area contributed by atoms with Crippen molar-refractivity contribution in [1.29, 1.82) is 0 Å². The second-order valence-corrected chi connectivity index (χ2v) is 5.33. The quantitative estimate of drug-likeness (QED) is 0.442. The number of rotatable bonds is 3. The molecule has 0 heterocycles. The Morgan fingerprint density at radius 1 is 1.60 bits per heavy atom. The van der Waals surface area contributed by atoms with Crippen LogP contribution in [-0.4, -0.2) is 22.0 Å². The molecule has 2 rings (SSSR count). The molecule has 1 fully saturated rings. The van der Waals surface area contributed by atoms with Crippen LogP contribution in [0.25, 0.3) is 0 Å². The van der Waals surface area contributed by atoms with Gasteiger partial charge in [-0.25, -0.2) is 0 Å². The summed E-state index contributed by atoms with van der Waals surface area (Å²) in [5.41, 5.74) is 4.97. The second-order valence-electron chi connectivity index (χ2n) is 5.33. The maximum Gasteiger partial charge on any atom is 0.296 e. The van der Waals surface area contributed by atoms with E-state index in [9.17, 15) is 20.0 Å². The SMILES string of the molecule is CC1(C(=O)Nc2ccc(O)cc2[N+](=O)[O-])CCCC1N. The van der Waals surface area contributed by atoms with Crippen LogP contribution in [0.15, 0.2) is 18.2 Å². The zero-order valence-corrected chi connectivity index (χ0v) is 11.1. The number of aromatic hydroxyl groups is 1. The van der Waals surface area contributed by atoms with Crippen LogP contribution in [0, 0.1) is 15.5 Å². The summed E-state index contributed by atoms with van der Waals surface area (Å²) in [4.78, 5) is 22.6.